The zero-order valence-electron chi connectivity index (χ0n) is 21.3. The number of benzene rings is 3. The zero-order valence-corrected chi connectivity index (χ0v) is 23.6. The van der Waals surface area contributed by atoms with Crippen LogP contribution in [0.5, 0.6) is 5.75 Å². The van der Waals surface area contributed by atoms with Gasteiger partial charge in [-0.15, -0.1) is 0 Å². The summed E-state index contributed by atoms with van der Waals surface area (Å²) in [5, 5.41) is 4.86. The van der Waals surface area contributed by atoms with Gasteiger partial charge in [0.05, 0.1) is 28.9 Å². The molecule has 0 bridgehead atoms. The second-order valence-corrected chi connectivity index (χ2v) is 11.3. The fourth-order valence-electron chi connectivity index (χ4n) is 3.72. The van der Waals surface area contributed by atoms with Crippen molar-refractivity contribution in [1.29, 1.82) is 0 Å². The van der Waals surface area contributed by atoms with Crippen molar-refractivity contribution in [1.82, 2.24) is 5.43 Å². The molecule has 0 unspecified atom stereocenters. The summed E-state index contributed by atoms with van der Waals surface area (Å²) in [6.07, 6.45) is 1.30. The second kappa shape index (κ2) is 11.9. The minimum Gasteiger partial charge on any atom is -0.495 e. The number of furan rings is 1. The molecule has 8 nitrogen and oxygen atoms in total. The number of halogens is 2. The highest BCUT2D eigenvalue weighted by Crippen LogP contribution is 2.34. The van der Waals surface area contributed by atoms with Crippen molar-refractivity contribution in [2.24, 2.45) is 5.10 Å². The summed E-state index contributed by atoms with van der Waals surface area (Å²) >= 11 is 12.2. The molecule has 0 fully saturated rings. The summed E-state index contributed by atoms with van der Waals surface area (Å²) in [5.41, 5.74) is 4.94. The molecule has 39 heavy (non-hydrogen) atoms. The minimum atomic E-state index is -4.13. The van der Waals surface area contributed by atoms with E-state index in [1.54, 1.807) is 60.7 Å². The summed E-state index contributed by atoms with van der Waals surface area (Å²) in [6, 6.07) is 19.9. The van der Waals surface area contributed by atoms with E-state index in [1.165, 1.54) is 25.5 Å². The molecule has 0 radical (unpaired) electrons. The van der Waals surface area contributed by atoms with Gasteiger partial charge in [0.15, 0.2) is 0 Å². The average Bonchev–Trinajstić information content (AvgIpc) is 3.36. The third-order valence-corrected chi connectivity index (χ3v) is 8.03. The Balaban J connectivity index is 1.56. The van der Waals surface area contributed by atoms with Crippen LogP contribution in [0.4, 0.5) is 5.69 Å². The number of hydrazone groups is 1. The summed E-state index contributed by atoms with van der Waals surface area (Å²) < 4.78 is 39.5. The number of carbonyl (C=O) groups excluding carboxylic acids is 1. The molecular weight excluding hydrogens is 561 g/mol. The Kier molecular flexibility index (Phi) is 8.64. The van der Waals surface area contributed by atoms with Crippen molar-refractivity contribution in [2.45, 2.75) is 18.7 Å². The highest BCUT2D eigenvalue weighted by Gasteiger charge is 2.29. The lowest BCUT2D eigenvalue weighted by atomic mass is 10.2. The highest BCUT2D eigenvalue weighted by atomic mass is 35.5. The van der Waals surface area contributed by atoms with Crippen molar-refractivity contribution in [2.75, 3.05) is 18.0 Å². The van der Waals surface area contributed by atoms with Gasteiger partial charge in [0.1, 0.15) is 23.8 Å². The van der Waals surface area contributed by atoms with Crippen LogP contribution >= 0.6 is 23.2 Å². The largest absolute Gasteiger partial charge is 0.495 e. The van der Waals surface area contributed by atoms with E-state index in [1.807, 2.05) is 13.8 Å². The number of anilines is 1. The third kappa shape index (κ3) is 6.62. The molecule has 0 aliphatic carbocycles. The minimum absolute atomic E-state index is 0.0388. The van der Waals surface area contributed by atoms with Gasteiger partial charge >= 0.3 is 0 Å². The summed E-state index contributed by atoms with van der Waals surface area (Å²) in [7, 11) is -2.69. The topological polar surface area (TPSA) is 101 Å². The molecule has 0 saturated heterocycles. The van der Waals surface area contributed by atoms with E-state index < -0.39 is 22.5 Å². The monoisotopic (exact) mass is 585 g/mol. The Morgan fingerprint density at radius 2 is 1.72 bits per heavy atom. The van der Waals surface area contributed by atoms with Crippen LogP contribution in [-0.2, 0) is 14.8 Å². The van der Waals surface area contributed by atoms with Crippen LogP contribution in [0, 0.1) is 13.8 Å². The number of amides is 1. The Bertz CT molecular complexity index is 1630. The van der Waals surface area contributed by atoms with Gasteiger partial charge in [-0.05, 0) is 74.0 Å². The van der Waals surface area contributed by atoms with Crippen molar-refractivity contribution in [3.8, 4) is 17.1 Å². The molecule has 4 rings (SSSR count). The van der Waals surface area contributed by atoms with Crippen LogP contribution in [0.2, 0.25) is 10.0 Å². The van der Waals surface area contributed by atoms with Gasteiger partial charge in [0, 0.05) is 10.6 Å². The Hall–Kier alpha value is -3.79. The van der Waals surface area contributed by atoms with Crippen LogP contribution in [0.15, 0.2) is 87.2 Å². The van der Waals surface area contributed by atoms with Crippen LogP contribution in [0.3, 0.4) is 0 Å². The molecule has 0 atom stereocenters. The first-order chi connectivity index (χ1) is 18.6. The Morgan fingerprint density at radius 3 is 2.41 bits per heavy atom. The lowest BCUT2D eigenvalue weighted by molar-refractivity contribution is -0.119. The van der Waals surface area contributed by atoms with E-state index in [4.69, 9.17) is 32.4 Å². The van der Waals surface area contributed by atoms with Gasteiger partial charge in [-0.1, -0.05) is 47.0 Å². The molecule has 4 aromatic rings. The first kappa shape index (κ1) is 28.2. The zero-order chi connectivity index (χ0) is 28.2. The molecule has 1 heterocycles. The number of carbonyl (C=O) groups is 1. The van der Waals surface area contributed by atoms with E-state index in [9.17, 15) is 13.2 Å². The number of nitrogens with zero attached hydrogens (tertiary/aromatic N) is 2. The molecule has 11 heteroatoms. The van der Waals surface area contributed by atoms with E-state index in [0.29, 0.717) is 32.9 Å². The van der Waals surface area contributed by atoms with Gasteiger partial charge in [-0.25, -0.2) is 13.8 Å². The predicted octanol–water partition coefficient (Wildman–Crippen LogP) is 6.22. The Labute approximate surface area is 236 Å². The quantitative estimate of drug-likeness (QED) is 0.185. The SMILES string of the molecule is COc1ccc(C)cc1N(CC(=O)N/N=C\c1ccc(-c2ccc(Cl)cc2Cl)o1)S(=O)(=O)c1ccc(C)cc1. The molecule has 3 aromatic carbocycles. The maximum absolute atomic E-state index is 13.7. The van der Waals surface area contributed by atoms with E-state index in [-0.39, 0.29) is 10.6 Å². The fraction of sp³-hybridized carbons (Fsp3) is 0.143. The maximum Gasteiger partial charge on any atom is 0.264 e. The molecule has 0 aliphatic rings. The third-order valence-electron chi connectivity index (χ3n) is 5.70. The highest BCUT2D eigenvalue weighted by molar-refractivity contribution is 7.92. The second-order valence-electron chi connectivity index (χ2n) is 8.62. The van der Waals surface area contributed by atoms with Crippen molar-refractivity contribution >= 4 is 51.0 Å². The van der Waals surface area contributed by atoms with Crippen molar-refractivity contribution in [3.05, 3.63) is 99.7 Å². The molecule has 1 amide bonds. The van der Waals surface area contributed by atoms with Crippen LogP contribution in [0.25, 0.3) is 11.3 Å². The number of nitrogens with one attached hydrogen (secondary N) is 1. The molecule has 1 N–H and O–H groups in total. The summed E-state index contributed by atoms with van der Waals surface area (Å²) in [6.45, 7) is 3.13. The number of aryl methyl sites for hydroxylation is 2. The number of hydrogen-bond acceptors (Lipinski definition) is 6. The standard InChI is InChI=1S/C28H25Cl2N3O5S/c1-18-4-9-22(10-5-18)39(35,36)33(25-14-19(2)6-12-27(25)37-3)17-28(34)32-31-16-21-8-13-26(38-21)23-11-7-20(29)15-24(23)30/h4-16H,17H2,1-3H3,(H,32,34)/b31-16-. The number of ether oxygens (including phenoxy) is 1. The molecule has 0 spiro atoms. The maximum atomic E-state index is 13.7. The molecule has 202 valence electrons. The molecule has 0 saturated carbocycles. The van der Waals surface area contributed by atoms with Gasteiger partial charge in [-0.3, -0.25) is 9.10 Å². The van der Waals surface area contributed by atoms with Gasteiger partial charge in [0.2, 0.25) is 0 Å². The number of hydrogen-bond donors (Lipinski definition) is 1. The van der Waals surface area contributed by atoms with E-state index >= 15 is 0 Å². The first-order valence-corrected chi connectivity index (χ1v) is 13.9. The van der Waals surface area contributed by atoms with Crippen LogP contribution < -0.4 is 14.5 Å². The van der Waals surface area contributed by atoms with Gasteiger partial charge in [0.25, 0.3) is 15.9 Å². The predicted molar refractivity (Wildman–Crippen MR) is 153 cm³/mol. The lowest BCUT2D eigenvalue weighted by Gasteiger charge is -2.25. The van der Waals surface area contributed by atoms with Crippen molar-refractivity contribution in [3.63, 3.8) is 0 Å². The van der Waals surface area contributed by atoms with Gasteiger partial charge < -0.3 is 9.15 Å². The summed E-state index contributed by atoms with van der Waals surface area (Å²) in [4.78, 5) is 12.9. The van der Waals surface area contributed by atoms with Crippen LogP contribution in [0.1, 0.15) is 16.9 Å². The Morgan fingerprint density at radius 1 is 1.00 bits per heavy atom. The molecule has 1 aromatic heterocycles. The number of rotatable bonds is 9. The van der Waals surface area contributed by atoms with Crippen molar-refractivity contribution < 1.29 is 22.4 Å². The van der Waals surface area contributed by atoms with E-state index in [0.717, 1.165) is 15.4 Å². The first-order valence-electron chi connectivity index (χ1n) is 11.7. The van der Waals surface area contributed by atoms with Gasteiger partial charge in [-0.2, -0.15) is 5.10 Å². The average molecular weight is 586 g/mol. The normalized spacial score (nSPS) is 11.5. The number of sulfonamides is 1. The molecule has 0 aliphatic heterocycles. The lowest BCUT2D eigenvalue weighted by Crippen LogP contribution is -2.39. The number of methoxy groups -OCH3 is 1. The smallest absolute Gasteiger partial charge is 0.264 e. The fourth-order valence-corrected chi connectivity index (χ4v) is 5.65. The van der Waals surface area contributed by atoms with E-state index in [2.05, 4.69) is 10.5 Å². The summed E-state index contributed by atoms with van der Waals surface area (Å²) in [5.74, 6) is 0.474. The van der Waals surface area contributed by atoms with Crippen LogP contribution in [-0.4, -0.2) is 34.2 Å². The molecular formula is C28H25Cl2N3O5S.